The van der Waals surface area contributed by atoms with Gasteiger partial charge < -0.3 is 55.0 Å². The molecule has 4 amide bonds. The van der Waals surface area contributed by atoms with E-state index in [1.807, 2.05) is 60.2 Å². The number of methoxy groups -OCH3 is 3. The molecule has 2 fully saturated rings. The summed E-state index contributed by atoms with van der Waals surface area (Å²) in [4.78, 5) is 64.9. The molecule has 0 radical (unpaired) electrons. The van der Waals surface area contributed by atoms with Gasteiger partial charge in [0.15, 0.2) is 0 Å². The van der Waals surface area contributed by atoms with Crippen LogP contribution in [0.15, 0.2) is 79.0 Å². The standard InChI is InChI=1S/C49H56N8O8/c1-26(2)41(54-48(60)63-5)46(58)56-22-27(3)16-38(56)44-50-21-37(52-44)31-12-14-33-32(18-31)25-65-40-20-34-30(19-35(33)40)13-15-36-43(34)53-45(51-36)39-17-28(24-62-4)23-57(39)47(59)42(55-49(61)64-6)29-10-8-7-9-11-29/h7-15,18-21,26-28,38-39,41-42,45,51,53H,16-17,22-25H2,1-6H3,(H,50,52)(H,54,60)(H,55,61)/t27-,28-,38-,39-,41-,42+,45?/m0/s1. The topological polar surface area (TPSA) is 188 Å². The van der Waals surface area contributed by atoms with E-state index in [9.17, 15) is 19.2 Å². The van der Waals surface area contributed by atoms with Crippen LogP contribution in [-0.4, -0.2) is 103 Å². The zero-order valence-electron chi connectivity index (χ0n) is 37.5. The number of likely N-dealkylation sites (tertiary alicyclic amines) is 2. The third-order valence-electron chi connectivity index (χ3n) is 13.2. The molecule has 0 bridgehead atoms. The number of ether oxygens (including phenoxy) is 4. The Morgan fingerprint density at radius 1 is 0.862 bits per heavy atom. The van der Waals surface area contributed by atoms with Crippen molar-refractivity contribution in [3.8, 4) is 28.1 Å². The average molecular weight is 885 g/mol. The van der Waals surface area contributed by atoms with E-state index >= 15 is 0 Å². The molecule has 9 rings (SSSR count). The SMILES string of the molecule is COC[C@H]1C[C@@H](C2Nc3ccc4cc5c(cc4c3N2)OCc2cc(-c3cnc([C@@H]4C[C@H](C)CN4C(=O)[C@@H](NC(=O)OC)C(C)C)[nH]3)ccc2-5)N(C(=O)[C@H](NC(=O)OC)c2ccccc2)C1. The third-order valence-corrected chi connectivity index (χ3v) is 13.2. The van der Waals surface area contributed by atoms with Gasteiger partial charge in [-0.1, -0.05) is 69.3 Å². The van der Waals surface area contributed by atoms with Gasteiger partial charge >= 0.3 is 12.2 Å². The number of benzene rings is 4. The van der Waals surface area contributed by atoms with Gasteiger partial charge in [0.1, 0.15) is 36.4 Å². The Morgan fingerprint density at radius 2 is 1.65 bits per heavy atom. The van der Waals surface area contributed by atoms with Crippen LogP contribution in [0.3, 0.4) is 0 Å². The van der Waals surface area contributed by atoms with Gasteiger partial charge in [0.2, 0.25) is 11.8 Å². The number of anilines is 2. The quantitative estimate of drug-likeness (QED) is 0.0903. The molecule has 0 aliphatic carbocycles. The van der Waals surface area contributed by atoms with E-state index in [-0.39, 0.29) is 47.8 Å². The summed E-state index contributed by atoms with van der Waals surface area (Å²) in [6, 6.07) is 21.8. The number of H-pyrrole nitrogens is 1. The average Bonchev–Trinajstić information content (AvgIpc) is 4.15. The second kappa shape index (κ2) is 18.0. The fourth-order valence-corrected chi connectivity index (χ4v) is 10.0. The summed E-state index contributed by atoms with van der Waals surface area (Å²) in [5.74, 6) is 1.33. The number of rotatable bonds is 11. The lowest BCUT2D eigenvalue weighted by molar-refractivity contribution is -0.136. The number of imidazole rings is 1. The zero-order chi connectivity index (χ0) is 45.5. The van der Waals surface area contributed by atoms with Crippen LogP contribution in [-0.2, 0) is 30.4 Å². The van der Waals surface area contributed by atoms with Crippen molar-refractivity contribution in [2.75, 3.05) is 51.7 Å². The Labute approximate surface area is 377 Å². The summed E-state index contributed by atoms with van der Waals surface area (Å²) in [5.41, 5.74) is 7.43. The van der Waals surface area contributed by atoms with Crippen LogP contribution >= 0.6 is 0 Å². The molecule has 65 heavy (non-hydrogen) atoms. The minimum Gasteiger partial charge on any atom is -0.488 e. The first-order valence-electron chi connectivity index (χ1n) is 22.2. The molecule has 5 heterocycles. The number of aromatic nitrogens is 2. The van der Waals surface area contributed by atoms with Gasteiger partial charge in [-0.25, -0.2) is 14.6 Å². The van der Waals surface area contributed by atoms with Crippen molar-refractivity contribution < 1.29 is 38.1 Å². The summed E-state index contributed by atoms with van der Waals surface area (Å²) >= 11 is 0. The number of nitrogens with zero attached hydrogens (tertiary/aromatic N) is 3. The lowest BCUT2D eigenvalue weighted by Gasteiger charge is -2.32. The van der Waals surface area contributed by atoms with Gasteiger partial charge in [-0.05, 0) is 76.6 Å². The lowest BCUT2D eigenvalue weighted by atomic mass is 9.92. The van der Waals surface area contributed by atoms with E-state index in [0.29, 0.717) is 44.1 Å². The maximum Gasteiger partial charge on any atom is 0.407 e. The summed E-state index contributed by atoms with van der Waals surface area (Å²) < 4.78 is 21.8. The van der Waals surface area contributed by atoms with Crippen molar-refractivity contribution in [1.29, 1.82) is 0 Å². The number of nitrogens with one attached hydrogen (secondary N) is 5. The molecule has 4 aliphatic rings. The highest BCUT2D eigenvalue weighted by Gasteiger charge is 2.45. The molecule has 4 aromatic carbocycles. The molecule has 0 spiro atoms. The first kappa shape index (κ1) is 43.4. The van der Waals surface area contributed by atoms with Crippen molar-refractivity contribution in [2.45, 2.75) is 70.6 Å². The van der Waals surface area contributed by atoms with E-state index in [0.717, 1.165) is 62.3 Å². The highest BCUT2D eigenvalue weighted by molar-refractivity contribution is 6.05. The van der Waals surface area contributed by atoms with Crippen LogP contribution in [0.4, 0.5) is 21.0 Å². The van der Waals surface area contributed by atoms with E-state index in [4.69, 9.17) is 23.9 Å². The lowest BCUT2D eigenvalue weighted by Crippen LogP contribution is -2.51. The van der Waals surface area contributed by atoms with Gasteiger partial charge in [0.25, 0.3) is 0 Å². The maximum atomic E-state index is 14.4. The Kier molecular flexibility index (Phi) is 12.0. The van der Waals surface area contributed by atoms with Gasteiger partial charge in [-0.15, -0.1) is 0 Å². The fraction of sp³-hybridized carbons (Fsp3) is 0.408. The second-order valence-electron chi connectivity index (χ2n) is 18.0. The summed E-state index contributed by atoms with van der Waals surface area (Å²) in [5, 5.41) is 14.9. The molecule has 5 N–H and O–H groups in total. The van der Waals surface area contributed by atoms with E-state index in [2.05, 4.69) is 75.6 Å². The first-order valence-corrected chi connectivity index (χ1v) is 22.2. The maximum absolute atomic E-state index is 14.4. The Bertz CT molecular complexity index is 2620. The number of alkyl carbamates (subject to hydrolysis) is 2. The third kappa shape index (κ3) is 8.38. The van der Waals surface area contributed by atoms with Crippen molar-refractivity contribution in [3.05, 3.63) is 95.9 Å². The Morgan fingerprint density at radius 3 is 2.40 bits per heavy atom. The minimum absolute atomic E-state index is 0.0990. The predicted molar refractivity (Wildman–Crippen MR) is 245 cm³/mol. The number of hydrogen-bond donors (Lipinski definition) is 5. The number of aromatic amines is 1. The normalized spacial score (nSPS) is 21.6. The van der Waals surface area contributed by atoms with Crippen LogP contribution in [0.1, 0.15) is 62.6 Å². The monoisotopic (exact) mass is 884 g/mol. The van der Waals surface area contributed by atoms with Crippen molar-refractivity contribution in [3.63, 3.8) is 0 Å². The van der Waals surface area contributed by atoms with Crippen LogP contribution in [0.5, 0.6) is 5.75 Å². The largest absolute Gasteiger partial charge is 0.488 e. The molecular weight excluding hydrogens is 829 g/mol. The highest BCUT2D eigenvalue weighted by Crippen LogP contribution is 2.47. The number of carbonyl (C=O) groups is 4. The molecule has 16 nitrogen and oxygen atoms in total. The zero-order valence-corrected chi connectivity index (χ0v) is 37.5. The first-order chi connectivity index (χ1) is 31.4. The van der Waals surface area contributed by atoms with Gasteiger partial charge in [0, 0.05) is 37.1 Å². The molecule has 1 aromatic heterocycles. The smallest absolute Gasteiger partial charge is 0.407 e. The Balaban J connectivity index is 0.946. The van der Waals surface area contributed by atoms with E-state index in [1.165, 1.54) is 14.2 Å². The molecule has 4 aliphatic heterocycles. The molecular formula is C49H56N8O8. The molecule has 0 saturated carbocycles. The number of fused-ring (bicyclic) bond motifs is 6. The number of amides is 4. The van der Waals surface area contributed by atoms with E-state index in [1.54, 1.807) is 7.11 Å². The molecule has 1 unspecified atom stereocenters. The van der Waals surface area contributed by atoms with E-state index < -0.39 is 24.3 Å². The fourth-order valence-electron chi connectivity index (χ4n) is 10.0. The molecule has 5 aromatic rings. The summed E-state index contributed by atoms with van der Waals surface area (Å²) in [7, 11) is 4.25. The van der Waals surface area contributed by atoms with Crippen LogP contribution in [0.25, 0.3) is 33.2 Å². The molecule has 340 valence electrons. The highest BCUT2D eigenvalue weighted by atomic mass is 16.5. The summed E-state index contributed by atoms with van der Waals surface area (Å²) in [6.45, 7) is 7.84. The molecule has 16 heteroatoms. The predicted octanol–water partition coefficient (Wildman–Crippen LogP) is 7.20. The molecule has 2 saturated heterocycles. The van der Waals surface area contributed by atoms with Crippen LogP contribution < -0.4 is 26.0 Å². The second-order valence-corrected chi connectivity index (χ2v) is 18.0. The van der Waals surface area contributed by atoms with Crippen LogP contribution in [0.2, 0.25) is 0 Å². The molecule has 7 atom stereocenters. The van der Waals surface area contributed by atoms with Crippen molar-refractivity contribution >= 4 is 46.1 Å². The van der Waals surface area contributed by atoms with Gasteiger partial charge in [-0.2, -0.15) is 0 Å². The van der Waals surface area contributed by atoms with Crippen molar-refractivity contribution in [1.82, 2.24) is 30.4 Å². The number of hydrogen-bond acceptors (Lipinski definition) is 11. The van der Waals surface area contributed by atoms with Gasteiger partial charge in [0.05, 0.1) is 56.2 Å². The summed E-state index contributed by atoms with van der Waals surface area (Å²) in [6.07, 6.45) is 1.63. The van der Waals surface area contributed by atoms with Crippen molar-refractivity contribution in [2.24, 2.45) is 17.8 Å². The Hall–Kier alpha value is -6.81. The van der Waals surface area contributed by atoms with Crippen LogP contribution in [0, 0.1) is 17.8 Å². The van der Waals surface area contributed by atoms with Gasteiger partial charge in [-0.3, -0.25) is 9.59 Å². The number of carbonyl (C=O) groups excluding carboxylic acids is 4. The minimum atomic E-state index is -0.928.